The van der Waals surface area contributed by atoms with Crippen LogP contribution in [0.15, 0.2) is 6.33 Å². The van der Waals surface area contributed by atoms with E-state index in [-0.39, 0.29) is 0 Å². The summed E-state index contributed by atoms with van der Waals surface area (Å²) in [5.41, 5.74) is 6.66. The summed E-state index contributed by atoms with van der Waals surface area (Å²) in [4.78, 5) is 10.2. The summed E-state index contributed by atoms with van der Waals surface area (Å²) < 4.78 is 0. The normalized spacial score (nSPS) is 19.5. The molecule has 0 unspecified atom stereocenters. The van der Waals surface area contributed by atoms with Gasteiger partial charge in [0.25, 0.3) is 0 Å². The third kappa shape index (κ3) is 2.00. The van der Waals surface area contributed by atoms with Crippen LogP contribution >= 0.6 is 11.6 Å². The predicted molar refractivity (Wildman–Crippen MR) is 62.1 cm³/mol. The van der Waals surface area contributed by atoms with Gasteiger partial charge in [0.15, 0.2) is 11.0 Å². The van der Waals surface area contributed by atoms with Gasteiger partial charge in [0, 0.05) is 13.1 Å². The molecule has 1 aromatic heterocycles. The molecule has 2 N–H and O–H groups in total. The summed E-state index contributed by atoms with van der Waals surface area (Å²) in [5.74, 6) is 0.764. The largest absolute Gasteiger partial charge is 0.393 e. The number of anilines is 2. The van der Waals surface area contributed by atoms with Crippen LogP contribution in [0.1, 0.15) is 20.3 Å². The van der Waals surface area contributed by atoms with E-state index < -0.39 is 0 Å². The minimum atomic E-state index is 0.323. The molecule has 0 aromatic carbocycles. The molecule has 0 saturated carbocycles. The first kappa shape index (κ1) is 10.5. The maximum atomic E-state index is 5.86. The molecule has 0 bridgehead atoms. The van der Waals surface area contributed by atoms with Crippen LogP contribution < -0.4 is 10.6 Å². The lowest BCUT2D eigenvalue weighted by molar-refractivity contribution is 0.418. The highest BCUT2D eigenvalue weighted by molar-refractivity contribution is 6.32. The first-order chi connectivity index (χ1) is 6.99. The Labute approximate surface area is 94.5 Å². The Balaban J connectivity index is 2.28. The van der Waals surface area contributed by atoms with Gasteiger partial charge in [-0.05, 0) is 11.8 Å². The zero-order valence-corrected chi connectivity index (χ0v) is 9.75. The number of aromatic nitrogens is 2. The van der Waals surface area contributed by atoms with Crippen LogP contribution in [0, 0.1) is 5.41 Å². The van der Waals surface area contributed by atoms with Gasteiger partial charge in [-0.3, -0.25) is 0 Å². The lowest BCUT2D eigenvalue weighted by atomic mass is 9.93. The molecule has 0 aliphatic carbocycles. The molecule has 1 saturated heterocycles. The number of hydrogen-bond acceptors (Lipinski definition) is 4. The molecule has 0 amide bonds. The van der Waals surface area contributed by atoms with Gasteiger partial charge in [0.05, 0.1) is 0 Å². The molecule has 1 aromatic rings. The highest BCUT2D eigenvalue weighted by atomic mass is 35.5. The molecule has 1 aliphatic rings. The molecule has 4 nitrogen and oxygen atoms in total. The van der Waals surface area contributed by atoms with Crippen LogP contribution in [0.2, 0.25) is 5.15 Å². The molecule has 5 heteroatoms. The zero-order chi connectivity index (χ0) is 11.1. The van der Waals surface area contributed by atoms with Crippen LogP contribution in [0.5, 0.6) is 0 Å². The van der Waals surface area contributed by atoms with E-state index in [2.05, 4.69) is 28.7 Å². The molecule has 82 valence electrons. The summed E-state index contributed by atoms with van der Waals surface area (Å²) in [6.45, 7) is 6.42. The molecule has 1 aliphatic heterocycles. The molecule has 0 radical (unpaired) electrons. The van der Waals surface area contributed by atoms with E-state index in [4.69, 9.17) is 17.3 Å². The van der Waals surface area contributed by atoms with E-state index in [0.29, 0.717) is 16.3 Å². The fourth-order valence-electron chi connectivity index (χ4n) is 1.91. The van der Waals surface area contributed by atoms with Gasteiger partial charge in [-0.1, -0.05) is 25.4 Å². The van der Waals surface area contributed by atoms with Crippen molar-refractivity contribution in [3.63, 3.8) is 0 Å². The molecule has 1 fully saturated rings. The van der Waals surface area contributed by atoms with Crippen molar-refractivity contribution in [2.45, 2.75) is 20.3 Å². The molecule has 0 atom stereocenters. The van der Waals surface area contributed by atoms with Crippen molar-refractivity contribution in [2.75, 3.05) is 23.7 Å². The van der Waals surface area contributed by atoms with Crippen LogP contribution in [-0.4, -0.2) is 23.1 Å². The van der Waals surface area contributed by atoms with E-state index in [1.165, 1.54) is 6.33 Å². The van der Waals surface area contributed by atoms with Crippen molar-refractivity contribution >= 4 is 23.1 Å². The van der Waals surface area contributed by atoms with Gasteiger partial charge in [0.1, 0.15) is 12.0 Å². The van der Waals surface area contributed by atoms with Gasteiger partial charge in [0.2, 0.25) is 0 Å². The third-order valence-electron chi connectivity index (χ3n) is 2.79. The molecule has 15 heavy (non-hydrogen) atoms. The number of rotatable bonds is 1. The van der Waals surface area contributed by atoms with E-state index >= 15 is 0 Å². The summed E-state index contributed by atoms with van der Waals surface area (Å²) in [7, 11) is 0. The van der Waals surface area contributed by atoms with Crippen LogP contribution in [0.4, 0.5) is 11.5 Å². The zero-order valence-electron chi connectivity index (χ0n) is 9.00. The van der Waals surface area contributed by atoms with Gasteiger partial charge in [-0.25, -0.2) is 9.97 Å². The Bertz CT molecular complexity index is 378. The number of nitrogen functional groups attached to an aromatic ring is 1. The SMILES string of the molecule is CC1(C)CCN(c2ncnc(Cl)c2N)C1. The first-order valence-electron chi connectivity index (χ1n) is 5.00. The van der Waals surface area contributed by atoms with Gasteiger partial charge in [-0.15, -0.1) is 0 Å². The number of hydrogen-bond donors (Lipinski definition) is 1. The first-order valence-corrected chi connectivity index (χ1v) is 5.38. The Morgan fingerprint density at radius 1 is 1.47 bits per heavy atom. The van der Waals surface area contributed by atoms with E-state index in [1.807, 2.05) is 0 Å². The fraction of sp³-hybridized carbons (Fsp3) is 0.600. The fourth-order valence-corrected chi connectivity index (χ4v) is 2.04. The Hall–Kier alpha value is -1.03. The number of nitrogens with zero attached hydrogens (tertiary/aromatic N) is 3. The minimum Gasteiger partial charge on any atom is -0.393 e. The molecular formula is C10H15ClN4. The summed E-state index contributed by atoms with van der Waals surface area (Å²) >= 11 is 5.86. The maximum absolute atomic E-state index is 5.86. The van der Waals surface area contributed by atoms with Crippen molar-refractivity contribution in [3.8, 4) is 0 Å². The number of nitrogens with two attached hydrogens (primary N) is 1. The summed E-state index contributed by atoms with van der Waals surface area (Å²) in [5, 5.41) is 0.338. The molecule has 2 heterocycles. The Morgan fingerprint density at radius 2 is 2.20 bits per heavy atom. The predicted octanol–water partition coefficient (Wildman–Crippen LogP) is 1.95. The van der Waals surface area contributed by atoms with E-state index in [9.17, 15) is 0 Å². The topological polar surface area (TPSA) is 55.0 Å². The summed E-state index contributed by atoms with van der Waals surface area (Å²) in [6, 6.07) is 0. The Kier molecular flexibility index (Phi) is 2.46. The maximum Gasteiger partial charge on any atom is 0.157 e. The number of halogens is 1. The summed E-state index contributed by atoms with van der Waals surface area (Å²) in [6.07, 6.45) is 2.60. The smallest absolute Gasteiger partial charge is 0.157 e. The standard InChI is InChI=1S/C10H15ClN4/c1-10(2)3-4-15(5-10)9-7(12)8(11)13-6-14-9/h6H,3-5,12H2,1-2H3. The highest BCUT2D eigenvalue weighted by Gasteiger charge is 2.31. The second-order valence-electron chi connectivity index (χ2n) is 4.74. The second-order valence-corrected chi connectivity index (χ2v) is 5.10. The third-order valence-corrected chi connectivity index (χ3v) is 3.09. The van der Waals surface area contributed by atoms with E-state index in [0.717, 1.165) is 25.3 Å². The van der Waals surface area contributed by atoms with Crippen molar-refractivity contribution in [2.24, 2.45) is 5.41 Å². The second kappa shape index (κ2) is 3.52. The van der Waals surface area contributed by atoms with Crippen LogP contribution in [-0.2, 0) is 0 Å². The monoisotopic (exact) mass is 226 g/mol. The van der Waals surface area contributed by atoms with Gasteiger partial charge < -0.3 is 10.6 Å². The average molecular weight is 227 g/mol. The van der Waals surface area contributed by atoms with Crippen molar-refractivity contribution in [1.29, 1.82) is 0 Å². The van der Waals surface area contributed by atoms with Gasteiger partial charge in [-0.2, -0.15) is 0 Å². The molecule has 0 spiro atoms. The Morgan fingerprint density at radius 3 is 2.80 bits per heavy atom. The van der Waals surface area contributed by atoms with Crippen molar-refractivity contribution < 1.29 is 0 Å². The van der Waals surface area contributed by atoms with Crippen molar-refractivity contribution in [1.82, 2.24) is 9.97 Å². The lowest BCUT2D eigenvalue weighted by Gasteiger charge is -2.21. The van der Waals surface area contributed by atoms with Crippen LogP contribution in [0.25, 0.3) is 0 Å². The van der Waals surface area contributed by atoms with Crippen molar-refractivity contribution in [3.05, 3.63) is 11.5 Å². The minimum absolute atomic E-state index is 0.323. The average Bonchev–Trinajstić information content (AvgIpc) is 2.51. The molecule has 2 rings (SSSR count). The highest BCUT2D eigenvalue weighted by Crippen LogP contribution is 2.35. The molecular weight excluding hydrogens is 212 g/mol. The lowest BCUT2D eigenvalue weighted by Crippen LogP contribution is -2.24. The van der Waals surface area contributed by atoms with E-state index in [1.54, 1.807) is 0 Å². The quantitative estimate of drug-likeness (QED) is 0.744. The van der Waals surface area contributed by atoms with Crippen LogP contribution in [0.3, 0.4) is 0 Å². The van der Waals surface area contributed by atoms with Gasteiger partial charge >= 0.3 is 0 Å².